The van der Waals surface area contributed by atoms with E-state index >= 15 is 0 Å². The zero-order valence-electron chi connectivity index (χ0n) is 9.53. The average Bonchev–Trinajstić information content (AvgIpc) is 2.56. The molecule has 0 fully saturated rings. The van der Waals surface area contributed by atoms with Crippen molar-refractivity contribution in [1.29, 1.82) is 5.26 Å². The van der Waals surface area contributed by atoms with Gasteiger partial charge in [-0.05, 0) is 41.9 Å². The molecular formula is C12H11BrN4. The van der Waals surface area contributed by atoms with Crippen molar-refractivity contribution in [3.8, 4) is 11.8 Å². The molecule has 4 nitrogen and oxygen atoms in total. The molecule has 0 aliphatic heterocycles. The van der Waals surface area contributed by atoms with E-state index in [-0.39, 0.29) is 0 Å². The van der Waals surface area contributed by atoms with Crippen molar-refractivity contribution in [1.82, 2.24) is 9.78 Å². The van der Waals surface area contributed by atoms with Gasteiger partial charge in [0.05, 0.1) is 28.3 Å². The van der Waals surface area contributed by atoms with E-state index in [0.717, 1.165) is 21.5 Å². The van der Waals surface area contributed by atoms with Crippen LogP contribution in [0.4, 0.5) is 5.69 Å². The molecule has 0 saturated carbocycles. The molecule has 5 heteroatoms. The molecule has 2 rings (SSSR count). The van der Waals surface area contributed by atoms with Crippen molar-refractivity contribution in [2.24, 2.45) is 0 Å². The molecule has 0 aliphatic carbocycles. The second-order valence-electron chi connectivity index (χ2n) is 3.74. The van der Waals surface area contributed by atoms with E-state index in [1.54, 1.807) is 4.68 Å². The maximum absolute atomic E-state index is 9.18. The fraction of sp³-hybridized carbons (Fsp3) is 0.167. The summed E-state index contributed by atoms with van der Waals surface area (Å²) in [4.78, 5) is 0. The van der Waals surface area contributed by atoms with Gasteiger partial charge in [0.2, 0.25) is 0 Å². The minimum absolute atomic E-state index is 0.554. The van der Waals surface area contributed by atoms with Gasteiger partial charge in [-0.25, -0.2) is 4.68 Å². The van der Waals surface area contributed by atoms with Crippen molar-refractivity contribution in [2.75, 3.05) is 5.73 Å². The van der Waals surface area contributed by atoms with Crippen LogP contribution >= 0.6 is 15.9 Å². The zero-order chi connectivity index (χ0) is 12.6. The molecule has 0 radical (unpaired) electrons. The van der Waals surface area contributed by atoms with Crippen molar-refractivity contribution < 1.29 is 0 Å². The fourth-order valence-corrected chi connectivity index (χ4v) is 2.13. The van der Waals surface area contributed by atoms with Gasteiger partial charge in [-0.15, -0.1) is 0 Å². The van der Waals surface area contributed by atoms with E-state index in [1.807, 2.05) is 32.0 Å². The number of hydrogen-bond acceptors (Lipinski definition) is 3. The van der Waals surface area contributed by atoms with Crippen LogP contribution in [-0.4, -0.2) is 9.78 Å². The largest absolute Gasteiger partial charge is 0.396 e. The van der Waals surface area contributed by atoms with Gasteiger partial charge in [0, 0.05) is 4.47 Å². The summed E-state index contributed by atoms with van der Waals surface area (Å²) in [5, 5.41) is 13.5. The SMILES string of the molecule is Cc1nn(-c2cccc(Br)c2C#N)c(C)c1N. The number of nitrogens with two attached hydrogens (primary N) is 1. The number of nitriles is 1. The molecule has 0 bridgehead atoms. The molecule has 0 amide bonds. The highest BCUT2D eigenvalue weighted by Gasteiger charge is 2.14. The number of halogens is 1. The second-order valence-corrected chi connectivity index (χ2v) is 4.60. The van der Waals surface area contributed by atoms with Gasteiger partial charge in [-0.2, -0.15) is 10.4 Å². The molecule has 0 saturated heterocycles. The van der Waals surface area contributed by atoms with Crippen LogP contribution in [0.2, 0.25) is 0 Å². The number of hydrogen-bond donors (Lipinski definition) is 1. The smallest absolute Gasteiger partial charge is 0.103 e. The third-order valence-corrected chi connectivity index (χ3v) is 3.34. The Morgan fingerprint density at radius 3 is 2.65 bits per heavy atom. The lowest BCUT2D eigenvalue weighted by Crippen LogP contribution is -2.02. The Bertz CT molecular complexity index is 622. The zero-order valence-corrected chi connectivity index (χ0v) is 11.1. The summed E-state index contributed by atoms with van der Waals surface area (Å²) in [7, 11) is 0. The van der Waals surface area contributed by atoms with Gasteiger partial charge in [-0.3, -0.25) is 0 Å². The van der Waals surface area contributed by atoms with Gasteiger partial charge >= 0.3 is 0 Å². The second kappa shape index (κ2) is 4.22. The highest BCUT2D eigenvalue weighted by Crippen LogP contribution is 2.26. The number of nitrogens with zero attached hydrogens (tertiary/aromatic N) is 3. The molecule has 86 valence electrons. The van der Waals surface area contributed by atoms with Gasteiger partial charge < -0.3 is 5.73 Å². The molecular weight excluding hydrogens is 280 g/mol. The van der Waals surface area contributed by atoms with Gasteiger partial charge in [-0.1, -0.05) is 6.07 Å². The number of rotatable bonds is 1. The summed E-state index contributed by atoms with van der Waals surface area (Å²) in [5.74, 6) is 0. The summed E-state index contributed by atoms with van der Waals surface area (Å²) >= 11 is 3.36. The summed E-state index contributed by atoms with van der Waals surface area (Å²) in [6, 6.07) is 7.72. The molecule has 2 N–H and O–H groups in total. The van der Waals surface area contributed by atoms with Crippen LogP contribution < -0.4 is 5.73 Å². The van der Waals surface area contributed by atoms with Crippen LogP contribution in [0.15, 0.2) is 22.7 Å². The lowest BCUT2D eigenvalue weighted by molar-refractivity contribution is 0.830. The monoisotopic (exact) mass is 290 g/mol. The third-order valence-electron chi connectivity index (χ3n) is 2.68. The van der Waals surface area contributed by atoms with E-state index in [0.29, 0.717) is 11.3 Å². The van der Waals surface area contributed by atoms with Crippen LogP contribution in [0.1, 0.15) is 17.0 Å². The Morgan fingerprint density at radius 1 is 1.41 bits per heavy atom. The lowest BCUT2D eigenvalue weighted by Gasteiger charge is -2.07. The third kappa shape index (κ3) is 1.81. The van der Waals surface area contributed by atoms with Gasteiger partial charge in [0.15, 0.2) is 0 Å². The minimum Gasteiger partial charge on any atom is -0.396 e. The van der Waals surface area contributed by atoms with E-state index in [9.17, 15) is 5.26 Å². The predicted molar refractivity (Wildman–Crippen MR) is 69.9 cm³/mol. The first-order valence-corrected chi connectivity index (χ1v) is 5.86. The first-order chi connectivity index (χ1) is 8.06. The highest BCUT2D eigenvalue weighted by atomic mass is 79.9. The number of nitrogen functional groups attached to an aromatic ring is 1. The first kappa shape index (κ1) is 11.7. The summed E-state index contributed by atoms with van der Waals surface area (Å²) in [6.07, 6.45) is 0. The van der Waals surface area contributed by atoms with Crippen LogP contribution in [-0.2, 0) is 0 Å². The van der Waals surface area contributed by atoms with E-state index in [1.165, 1.54) is 0 Å². The van der Waals surface area contributed by atoms with Crippen LogP contribution in [0.3, 0.4) is 0 Å². The topological polar surface area (TPSA) is 67.6 Å². The van der Waals surface area contributed by atoms with E-state index < -0.39 is 0 Å². The molecule has 0 atom stereocenters. The van der Waals surface area contributed by atoms with E-state index in [4.69, 9.17) is 5.73 Å². The number of anilines is 1. The van der Waals surface area contributed by atoms with Crippen LogP contribution in [0.5, 0.6) is 0 Å². The van der Waals surface area contributed by atoms with Crippen molar-refractivity contribution in [2.45, 2.75) is 13.8 Å². The maximum Gasteiger partial charge on any atom is 0.103 e. The molecule has 0 aliphatic rings. The fourth-order valence-electron chi connectivity index (χ4n) is 1.69. The maximum atomic E-state index is 9.18. The van der Waals surface area contributed by atoms with Crippen molar-refractivity contribution in [3.63, 3.8) is 0 Å². The minimum atomic E-state index is 0.554. The van der Waals surface area contributed by atoms with Crippen LogP contribution in [0.25, 0.3) is 5.69 Å². The average molecular weight is 291 g/mol. The lowest BCUT2D eigenvalue weighted by atomic mass is 10.2. The van der Waals surface area contributed by atoms with E-state index in [2.05, 4.69) is 27.1 Å². The molecule has 2 aromatic rings. The Hall–Kier alpha value is -1.80. The molecule has 0 unspecified atom stereocenters. The summed E-state index contributed by atoms with van der Waals surface area (Å²) < 4.78 is 2.46. The van der Waals surface area contributed by atoms with Crippen molar-refractivity contribution in [3.05, 3.63) is 39.6 Å². The van der Waals surface area contributed by atoms with Gasteiger partial charge in [0.25, 0.3) is 0 Å². The Kier molecular flexibility index (Phi) is 2.90. The molecule has 1 heterocycles. The normalized spacial score (nSPS) is 10.2. The molecule has 1 aromatic heterocycles. The van der Waals surface area contributed by atoms with Crippen molar-refractivity contribution >= 4 is 21.6 Å². The molecule has 0 spiro atoms. The molecule has 1 aromatic carbocycles. The number of aromatic nitrogens is 2. The Labute approximate surface area is 108 Å². The quantitative estimate of drug-likeness (QED) is 0.878. The summed E-state index contributed by atoms with van der Waals surface area (Å²) in [6.45, 7) is 3.74. The Balaban J connectivity index is 2.74. The summed E-state index contributed by atoms with van der Waals surface area (Å²) in [5.41, 5.74) is 9.46. The number of aryl methyl sites for hydroxylation is 1. The number of benzene rings is 1. The van der Waals surface area contributed by atoms with Gasteiger partial charge in [0.1, 0.15) is 6.07 Å². The standard InChI is InChI=1S/C12H11BrN4/c1-7-12(15)8(2)17(16-7)11-5-3-4-10(13)9(11)6-14/h3-5H,15H2,1-2H3. The molecule has 17 heavy (non-hydrogen) atoms. The van der Waals surface area contributed by atoms with Crippen LogP contribution in [0, 0.1) is 25.2 Å². The highest BCUT2D eigenvalue weighted by molar-refractivity contribution is 9.10. The first-order valence-electron chi connectivity index (χ1n) is 5.07. The Morgan fingerprint density at radius 2 is 2.12 bits per heavy atom. The predicted octanol–water partition coefficient (Wildman–Crippen LogP) is 2.71.